The second-order valence-corrected chi connectivity index (χ2v) is 5.94. The fraction of sp³-hybridized carbons (Fsp3) is 0.471. The Bertz CT molecular complexity index is 695. The van der Waals surface area contributed by atoms with E-state index in [2.05, 4.69) is 5.32 Å². The quantitative estimate of drug-likeness (QED) is 0.942. The molecule has 118 valence electrons. The van der Waals surface area contributed by atoms with Gasteiger partial charge in [-0.15, -0.1) is 0 Å². The molecule has 0 aliphatic carbocycles. The molecule has 2 aromatic rings. The van der Waals surface area contributed by atoms with E-state index >= 15 is 0 Å². The Labute approximate surface area is 129 Å². The Morgan fingerprint density at radius 1 is 1.50 bits per heavy atom. The highest BCUT2D eigenvalue weighted by molar-refractivity contribution is 5.84. The van der Waals surface area contributed by atoms with Gasteiger partial charge in [0.15, 0.2) is 0 Å². The lowest BCUT2D eigenvalue weighted by molar-refractivity contribution is -0.126. The van der Waals surface area contributed by atoms with E-state index in [0.29, 0.717) is 13.2 Å². The smallest absolute Gasteiger partial charge is 0.225 e. The van der Waals surface area contributed by atoms with Gasteiger partial charge in [-0.1, -0.05) is 0 Å². The monoisotopic (exact) mass is 304 g/mol. The minimum absolute atomic E-state index is 0.000491. The number of amides is 1. The summed E-state index contributed by atoms with van der Waals surface area (Å²) in [5.74, 6) is -0.207. The summed E-state index contributed by atoms with van der Waals surface area (Å²) in [6, 6.07) is 4.81. The van der Waals surface area contributed by atoms with E-state index in [1.165, 1.54) is 12.1 Å². The van der Waals surface area contributed by atoms with E-state index in [-0.39, 0.29) is 23.7 Å². The van der Waals surface area contributed by atoms with Crippen LogP contribution >= 0.6 is 0 Å². The topological polar surface area (TPSA) is 43.3 Å². The Hall–Kier alpha value is -1.88. The third kappa shape index (κ3) is 2.86. The number of hydrogen-bond acceptors (Lipinski definition) is 2. The number of carbonyl (C=O) groups excluding carboxylic acids is 1. The molecule has 1 fully saturated rings. The number of ether oxygens (including phenoxy) is 1. The van der Waals surface area contributed by atoms with Gasteiger partial charge in [-0.25, -0.2) is 4.39 Å². The van der Waals surface area contributed by atoms with Gasteiger partial charge < -0.3 is 14.6 Å². The first kappa shape index (κ1) is 15.0. The molecule has 2 heterocycles. The minimum atomic E-state index is -0.233. The van der Waals surface area contributed by atoms with Crippen molar-refractivity contribution in [1.29, 1.82) is 0 Å². The number of benzene rings is 1. The number of nitrogens with zero attached hydrogens (tertiary/aromatic N) is 1. The van der Waals surface area contributed by atoms with Crippen molar-refractivity contribution in [3.8, 4) is 0 Å². The minimum Gasteiger partial charge on any atom is -0.378 e. The zero-order valence-electron chi connectivity index (χ0n) is 12.9. The van der Waals surface area contributed by atoms with Crippen LogP contribution < -0.4 is 5.32 Å². The normalized spacial score (nSPS) is 21.4. The van der Waals surface area contributed by atoms with Crippen LogP contribution in [0.3, 0.4) is 0 Å². The van der Waals surface area contributed by atoms with Crippen LogP contribution in [-0.2, 0) is 23.0 Å². The van der Waals surface area contributed by atoms with Gasteiger partial charge in [0.1, 0.15) is 5.82 Å². The SMILES string of the molecule is C[C@@H]1OCC[C@@H]1C(=O)NCCc1cn(C)c2cc(F)ccc12. The Kier molecular flexibility index (Phi) is 4.16. The molecule has 1 aliphatic rings. The second kappa shape index (κ2) is 6.08. The zero-order valence-corrected chi connectivity index (χ0v) is 12.9. The molecule has 1 aromatic heterocycles. The number of nitrogens with one attached hydrogen (secondary N) is 1. The third-order valence-corrected chi connectivity index (χ3v) is 4.44. The molecule has 0 radical (unpaired) electrons. The molecule has 1 N–H and O–H groups in total. The highest BCUT2D eigenvalue weighted by atomic mass is 19.1. The lowest BCUT2D eigenvalue weighted by atomic mass is 10.0. The molecule has 0 bridgehead atoms. The first-order valence-corrected chi connectivity index (χ1v) is 7.69. The van der Waals surface area contributed by atoms with Crippen molar-refractivity contribution >= 4 is 16.8 Å². The summed E-state index contributed by atoms with van der Waals surface area (Å²) < 4.78 is 20.7. The molecule has 1 amide bonds. The molecular weight excluding hydrogens is 283 g/mol. The van der Waals surface area contributed by atoms with Crippen LogP contribution in [0.15, 0.2) is 24.4 Å². The lowest BCUT2D eigenvalue weighted by Crippen LogP contribution is -2.35. The number of fused-ring (bicyclic) bond motifs is 1. The first-order chi connectivity index (χ1) is 10.6. The summed E-state index contributed by atoms with van der Waals surface area (Å²) in [5, 5.41) is 4.02. The highest BCUT2D eigenvalue weighted by Crippen LogP contribution is 2.22. The average molecular weight is 304 g/mol. The zero-order chi connectivity index (χ0) is 15.7. The van der Waals surface area contributed by atoms with Crippen LogP contribution in [0.2, 0.25) is 0 Å². The van der Waals surface area contributed by atoms with Crippen LogP contribution in [0.5, 0.6) is 0 Å². The van der Waals surface area contributed by atoms with Crippen molar-refractivity contribution in [1.82, 2.24) is 9.88 Å². The van der Waals surface area contributed by atoms with Crippen LogP contribution in [-0.4, -0.2) is 29.7 Å². The molecule has 22 heavy (non-hydrogen) atoms. The molecule has 0 spiro atoms. The van der Waals surface area contributed by atoms with Gasteiger partial charge >= 0.3 is 0 Å². The van der Waals surface area contributed by atoms with E-state index in [9.17, 15) is 9.18 Å². The van der Waals surface area contributed by atoms with Crippen molar-refractivity contribution in [3.05, 3.63) is 35.8 Å². The molecule has 1 aliphatic heterocycles. The molecule has 4 nitrogen and oxygen atoms in total. The molecule has 0 saturated carbocycles. The Balaban J connectivity index is 1.63. The molecule has 1 aromatic carbocycles. The summed E-state index contributed by atoms with van der Waals surface area (Å²) in [6.07, 6.45) is 3.52. The summed E-state index contributed by atoms with van der Waals surface area (Å²) >= 11 is 0. The number of rotatable bonds is 4. The lowest BCUT2D eigenvalue weighted by Gasteiger charge is -2.13. The third-order valence-electron chi connectivity index (χ3n) is 4.44. The number of carbonyl (C=O) groups is 1. The fourth-order valence-electron chi connectivity index (χ4n) is 3.17. The molecule has 0 unspecified atom stereocenters. The van der Waals surface area contributed by atoms with Crippen molar-refractivity contribution < 1.29 is 13.9 Å². The van der Waals surface area contributed by atoms with Crippen LogP contribution in [0.1, 0.15) is 18.9 Å². The van der Waals surface area contributed by atoms with Gasteiger partial charge in [-0.05, 0) is 43.5 Å². The summed E-state index contributed by atoms with van der Waals surface area (Å²) in [6.45, 7) is 3.18. The second-order valence-electron chi connectivity index (χ2n) is 5.94. The van der Waals surface area contributed by atoms with Gasteiger partial charge in [-0.2, -0.15) is 0 Å². The summed E-state index contributed by atoms with van der Waals surface area (Å²) in [4.78, 5) is 12.1. The number of aryl methyl sites for hydroxylation is 1. The fourth-order valence-corrected chi connectivity index (χ4v) is 3.17. The molecular formula is C17H21FN2O2. The first-order valence-electron chi connectivity index (χ1n) is 7.69. The average Bonchev–Trinajstić information content (AvgIpc) is 3.04. The van der Waals surface area contributed by atoms with Gasteiger partial charge in [0, 0.05) is 31.8 Å². The van der Waals surface area contributed by atoms with Gasteiger partial charge in [0.05, 0.1) is 17.5 Å². The molecule has 1 saturated heterocycles. The van der Waals surface area contributed by atoms with E-state index in [1.54, 1.807) is 6.07 Å². The van der Waals surface area contributed by atoms with E-state index in [4.69, 9.17) is 4.74 Å². The van der Waals surface area contributed by atoms with Crippen molar-refractivity contribution in [2.75, 3.05) is 13.2 Å². The molecule has 3 rings (SSSR count). The van der Waals surface area contributed by atoms with Crippen LogP contribution in [0.4, 0.5) is 4.39 Å². The predicted octanol–water partition coefficient (Wildman–Crippen LogP) is 2.40. The Morgan fingerprint density at radius 3 is 3.05 bits per heavy atom. The maximum Gasteiger partial charge on any atom is 0.225 e. The molecule has 2 atom stereocenters. The predicted molar refractivity (Wildman–Crippen MR) is 83.1 cm³/mol. The van der Waals surface area contributed by atoms with Crippen LogP contribution in [0, 0.1) is 11.7 Å². The Morgan fingerprint density at radius 2 is 2.32 bits per heavy atom. The molecule has 5 heteroatoms. The standard InChI is InChI=1S/C17H21FN2O2/c1-11-14(6-8-22-11)17(21)19-7-5-12-10-20(2)16-9-13(18)3-4-15(12)16/h3-4,9-11,14H,5-8H2,1-2H3,(H,19,21)/t11-,14-/m0/s1. The van der Waals surface area contributed by atoms with Crippen molar-refractivity contribution in [2.45, 2.75) is 25.9 Å². The largest absolute Gasteiger partial charge is 0.378 e. The number of aromatic nitrogens is 1. The number of hydrogen-bond donors (Lipinski definition) is 1. The summed E-state index contributed by atoms with van der Waals surface area (Å²) in [7, 11) is 1.90. The van der Waals surface area contributed by atoms with Gasteiger partial charge in [-0.3, -0.25) is 4.79 Å². The van der Waals surface area contributed by atoms with Crippen molar-refractivity contribution in [2.24, 2.45) is 13.0 Å². The maximum absolute atomic E-state index is 13.3. The highest BCUT2D eigenvalue weighted by Gasteiger charge is 2.30. The van der Waals surface area contributed by atoms with E-state index < -0.39 is 0 Å². The summed E-state index contributed by atoms with van der Waals surface area (Å²) in [5.41, 5.74) is 1.99. The number of halogens is 1. The van der Waals surface area contributed by atoms with Crippen molar-refractivity contribution in [3.63, 3.8) is 0 Å². The van der Waals surface area contributed by atoms with E-state index in [0.717, 1.165) is 29.3 Å². The van der Waals surface area contributed by atoms with Crippen LogP contribution in [0.25, 0.3) is 10.9 Å². The van der Waals surface area contributed by atoms with E-state index in [1.807, 2.05) is 24.7 Å². The van der Waals surface area contributed by atoms with Gasteiger partial charge in [0.2, 0.25) is 5.91 Å². The van der Waals surface area contributed by atoms with Gasteiger partial charge in [0.25, 0.3) is 0 Å². The maximum atomic E-state index is 13.3.